The predicted molar refractivity (Wildman–Crippen MR) is 183 cm³/mol. The van der Waals surface area contributed by atoms with Crippen LogP contribution in [0.3, 0.4) is 0 Å². The normalized spacial score (nSPS) is 11.9. The summed E-state index contributed by atoms with van der Waals surface area (Å²) in [5.41, 5.74) is 7.13. The van der Waals surface area contributed by atoms with Gasteiger partial charge in [0.15, 0.2) is 11.5 Å². The van der Waals surface area contributed by atoms with Gasteiger partial charge in [0.2, 0.25) is 5.58 Å². The number of aryl methyl sites for hydroxylation is 3. The van der Waals surface area contributed by atoms with Crippen LogP contribution in [0, 0.1) is 13.8 Å². The van der Waals surface area contributed by atoms with E-state index in [4.69, 9.17) is 31.9 Å². The summed E-state index contributed by atoms with van der Waals surface area (Å²) >= 11 is 0. The van der Waals surface area contributed by atoms with Crippen LogP contribution < -0.4 is 4.57 Å². The second kappa shape index (κ2) is 13.6. The van der Waals surface area contributed by atoms with E-state index in [1.807, 2.05) is 103 Å². The smallest absolute Gasteiger partial charge is 0.344 e. The highest BCUT2D eigenvalue weighted by Crippen LogP contribution is 2.33. The zero-order valence-corrected chi connectivity index (χ0v) is 28.0. The standard InChI is InChI=1S/C15H12NO2.C14H9NO2.C9H20O3/c1-9-16(2)12-7-11-10-5-3-4-6-13(10)18-14(11)8-15(12)17-9;1-8-15-11-6-10-9-4-2-3-5-12(9)17-13(10)7-14(11)16-8;1-5-9(10-6-2,11-7-3)12-8-4/h3-8H,1-2H3;2-7H,1H3;5-8H2,1-4H3/q+1;;. The third kappa shape index (κ3) is 6.34. The SMILES string of the molecule is CCOC(CC)(OCC)OCC.Cc1nc2cc3c(cc2o1)oc1ccccc13.Cc1oc2cc3oc4ccccc4c3cc2[n+]1C. The van der Waals surface area contributed by atoms with Crippen molar-refractivity contribution in [2.45, 2.75) is 53.9 Å². The Balaban J connectivity index is 0.000000127. The molecule has 47 heavy (non-hydrogen) atoms. The minimum atomic E-state index is -0.807. The molecule has 8 rings (SSSR count). The maximum Gasteiger partial charge on any atom is 0.344 e. The van der Waals surface area contributed by atoms with Crippen LogP contribution in [0.1, 0.15) is 45.9 Å². The van der Waals surface area contributed by atoms with Crippen molar-refractivity contribution in [3.8, 4) is 0 Å². The van der Waals surface area contributed by atoms with Gasteiger partial charge in [-0.3, -0.25) is 0 Å². The number of furan rings is 2. The van der Waals surface area contributed by atoms with Crippen LogP contribution in [0.4, 0.5) is 0 Å². The molecule has 0 amide bonds. The van der Waals surface area contributed by atoms with E-state index < -0.39 is 5.97 Å². The summed E-state index contributed by atoms with van der Waals surface area (Å²) in [7, 11) is 2.01. The zero-order chi connectivity index (χ0) is 33.1. The molecule has 4 aromatic carbocycles. The van der Waals surface area contributed by atoms with Crippen molar-refractivity contribution in [3.05, 3.63) is 84.6 Å². The molecule has 0 unspecified atom stereocenters. The molecule has 0 N–H and O–H groups in total. The highest BCUT2D eigenvalue weighted by Gasteiger charge is 2.29. The van der Waals surface area contributed by atoms with E-state index in [0.29, 0.717) is 32.1 Å². The van der Waals surface area contributed by atoms with Crippen molar-refractivity contribution in [1.29, 1.82) is 0 Å². The molecule has 0 bridgehead atoms. The van der Waals surface area contributed by atoms with Crippen LogP contribution in [0.15, 0.2) is 90.5 Å². The Morgan fingerprint density at radius 2 is 1.13 bits per heavy atom. The van der Waals surface area contributed by atoms with Crippen LogP contribution in [0.2, 0.25) is 0 Å². The lowest BCUT2D eigenvalue weighted by Gasteiger charge is -2.31. The van der Waals surface area contributed by atoms with Gasteiger partial charge >= 0.3 is 5.89 Å². The molecule has 8 aromatic rings. The first kappa shape index (κ1) is 32.2. The molecule has 0 aliphatic heterocycles. The summed E-state index contributed by atoms with van der Waals surface area (Å²) < 4.78 is 41.1. The Labute approximate surface area is 272 Å². The Morgan fingerprint density at radius 1 is 0.596 bits per heavy atom. The van der Waals surface area contributed by atoms with E-state index in [1.54, 1.807) is 0 Å². The van der Waals surface area contributed by atoms with Crippen molar-refractivity contribution in [2.75, 3.05) is 19.8 Å². The fraction of sp³-hybridized carbons (Fsp3) is 0.316. The number of benzene rings is 4. The van der Waals surface area contributed by atoms with Gasteiger partial charge in [-0.2, -0.15) is 4.57 Å². The van der Waals surface area contributed by atoms with Gasteiger partial charge in [-0.05, 0) is 39.0 Å². The van der Waals surface area contributed by atoms with Gasteiger partial charge in [0.05, 0.1) is 6.92 Å². The van der Waals surface area contributed by atoms with Crippen LogP contribution in [-0.4, -0.2) is 30.8 Å². The number of oxazole rings is 2. The first-order valence-electron chi connectivity index (χ1n) is 16.1. The van der Waals surface area contributed by atoms with Gasteiger partial charge in [-0.25, -0.2) is 4.98 Å². The molecular weight excluding hydrogens is 596 g/mol. The molecule has 0 fully saturated rings. The quantitative estimate of drug-likeness (QED) is 0.126. The fourth-order valence-electron chi connectivity index (χ4n) is 5.84. The van der Waals surface area contributed by atoms with Crippen LogP contribution in [0.25, 0.3) is 66.1 Å². The molecule has 4 heterocycles. The summed E-state index contributed by atoms with van der Waals surface area (Å²) in [5.74, 6) is 0.761. The fourth-order valence-corrected chi connectivity index (χ4v) is 5.84. The van der Waals surface area contributed by atoms with Gasteiger partial charge in [-0.15, -0.1) is 0 Å². The topological polar surface area (TPSA) is 97.0 Å². The van der Waals surface area contributed by atoms with Crippen molar-refractivity contribution in [1.82, 2.24) is 4.98 Å². The molecule has 0 saturated carbocycles. The largest absolute Gasteiger partial charge is 0.456 e. The van der Waals surface area contributed by atoms with Gasteiger partial charge in [0.1, 0.15) is 34.9 Å². The lowest BCUT2D eigenvalue weighted by Crippen LogP contribution is -2.38. The monoisotopic (exact) mass is 637 g/mol. The average Bonchev–Trinajstić information content (AvgIpc) is 3.80. The molecule has 0 spiro atoms. The molecule has 4 aromatic heterocycles. The van der Waals surface area contributed by atoms with Crippen molar-refractivity contribution in [3.63, 3.8) is 0 Å². The van der Waals surface area contributed by atoms with Crippen molar-refractivity contribution < 1.29 is 36.4 Å². The number of ether oxygens (including phenoxy) is 3. The van der Waals surface area contributed by atoms with Crippen molar-refractivity contribution >= 4 is 66.1 Å². The average molecular weight is 638 g/mol. The van der Waals surface area contributed by atoms with Gasteiger partial charge in [0.25, 0.3) is 11.5 Å². The number of aromatic nitrogens is 2. The van der Waals surface area contributed by atoms with Gasteiger partial charge < -0.3 is 31.9 Å². The number of nitrogens with zero attached hydrogens (tertiary/aromatic N) is 2. The molecule has 9 nitrogen and oxygen atoms in total. The minimum Gasteiger partial charge on any atom is -0.456 e. The molecule has 9 heteroatoms. The molecular formula is C38H41N2O7+. The molecule has 0 aliphatic rings. The van der Waals surface area contributed by atoms with E-state index in [0.717, 1.165) is 72.0 Å². The van der Waals surface area contributed by atoms with E-state index in [9.17, 15) is 0 Å². The Bertz CT molecular complexity index is 2270. The highest BCUT2D eigenvalue weighted by molar-refractivity contribution is 6.09. The Morgan fingerprint density at radius 3 is 1.68 bits per heavy atom. The molecule has 0 saturated heterocycles. The molecule has 244 valence electrons. The number of rotatable bonds is 7. The number of hydrogen-bond donors (Lipinski definition) is 0. The zero-order valence-electron chi connectivity index (χ0n) is 28.0. The van der Waals surface area contributed by atoms with E-state index >= 15 is 0 Å². The first-order valence-corrected chi connectivity index (χ1v) is 16.1. The lowest BCUT2D eigenvalue weighted by atomic mass is 10.1. The Hall–Kier alpha value is -4.70. The second-order valence-electron chi connectivity index (χ2n) is 11.1. The summed E-state index contributed by atoms with van der Waals surface area (Å²) in [4.78, 5) is 4.34. The third-order valence-corrected chi connectivity index (χ3v) is 8.07. The maximum atomic E-state index is 5.84. The summed E-state index contributed by atoms with van der Waals surface area (Å²) in [5, 5.41) is 4.48. The molecule has 0 radical (unpaired) electrons. The van der Waals surface area contributed by atoms with Crippen LogP contribution in [0.5, 0.6) is 0 Å². The molecule has 0 atom stereocenters. The number of fused-ring (bicyclic) bond motifs is 8. The number of hydrogen-bond acceptors (Lipinski definition) is 8. The van der Waals surface area contributed by atoms with Gasteiger partial charge in [0, 0.05) is 72.9 Å². The van der Waals surface area contributed by atoms with Crippen LogP contribution in [-0.2, 0) is 21.3 Å². The maximum absolute atomic E-state index is 5.84. The molecule has 0 aliphatic carbocycles. The predicted octanol–water partition coefficient (Wildman–Crippen LogP) is 9.66. The van der Waals surface area contributed by atoms with Crippen LogP contribution >= 0.6 is 0 Å². The summed E-state index contributed by atoms with van der Waals surface area (Å²) in [6.07, 6.45) is 0.711. The van der Waals surface area contributed by atoms with Crippen molar-refractivity contribution in [2.24, 2.45) is 7.05 Å². The van der Waals surface area contributed by atoms with Gasteiger partial charge in [-0.1, -0.05) is 43.3 Å². The van der Waals surface area contributed by atoms with E-state index in [2.05, 4.69) is 27.8 Å². The summed E-state index contributed by atoms with van der Waals surface area (Å²) in [6, 6.07) is 24.1. The Kier molecular flexibility index (Phi) is 9.31. The second-order valence-corrected chi connectivity index (χ2v) is 11.1. The van der Waals surface area contributed by atoms with E-state index in [-0.39, 0.29) is 0 Å². The number of para-hydroxylation sites is 2. The third-order valence-electron chi connectivity index (χ3n) is 8.07. The first-order chi connectivity index (χ1) is 22.8. The highest BCUT2D eigenvalue weighted by atomic mass is 16.9. The van der Waals surface area contributed by atoms with E-state index in [1.165, 1.54) is 0 Å². The minimum absolute atomic E-state index is 0.605. The lowest BCUT2D eigenvalue weighted by molar-refractivity contribution is -0.656. The summed E-state index contributed by atoms with van der Waals surface area (Å²) in [6.45, 7) is 13.4.